The van der Waals surface area contributed by atoms with E-state index in [0.29, 0.717) is 6.54 Å². The summed E-state index contributed by atoms with van der Waals surface area (Å²) < 4.78 is 0. The Balaban J connectivity index is 1.75. The molecule has 1 heterocycles. The van der Waals surface area contributed by atoms with E-state index in [9.17, 15) is 4.79 Å². The Morgan fingerprint density at radius 1 is 1.20 bits per heavy atom. The highest BCUT2D eigenvalue weighted by Gasteiger charge is 2.30. The molecule has 0 saturated carbocycles. The molecule has 3 aromatic rings. The first-order chi connectivity index (χ1) is 12.1. The fraction of sp³-hybridized carbons (Fsp3) is 0.318. The average Bonchev–Trinajstić information content (AvgIpc) is 2.98. The number of rotatable bonds is 3. The normalized spacial score (nSPS) is 16.6. The summed E-state index contributed by atoms with van der Waals surface area (Å²) in [5, 5.41) is 1.32. The number of H-pyrrole nitrogens is 1. The Morgan fingerprint density at radius 2 is 2.00 bits per heavy atom. The van der Waals surface area contributed by atoms with Crippen molar-refractivity contribution in [3.05, 3.63) is 70.9 Å². The highest BCUT2D eigenvalue weighted by molar-refractivity contribution is 5.86. The molecule has 1 aliphatic carbocycles. The van der Waals surface area contributed by atoms with Crippen molar-refractivity contribution in [2.75, 3.05) is 0 Å². The molecule has 0 spiro atoms. The summed E-state index contributed by atoms with van der Waals surface area (Å²) in [6.45, 7) is 4.48. The molecule has 1 unspecified atom stereocenters. The van der Waals surface area contributed by atoms with Crippen molar-refractivity contribution < 1.29 is 4.79 Å². The SMILES string of the molecule is CC(=O)N(Cc1ccccc1)C1CCCc2c1[nH]c1ccc(C)cc21. The van der Waals surface area contributed by atoms with Crippen LogP contribution in [0, 0.1) is 6.92 Å². The van der Waals surface area contributed by atoms with Gasteiger partial charge < -0.3 is 9.88 Å². The number of hydrogen-bond donors (Lipinski definition) is 1. The molecule has 2 aromatic carbocycles. The molecule has 1 amide bonds. The number of amides is 1. The van der Waals surface area contributed by atoms with Gasteiger partial charge in [0, 0.05) is 30.1 Å². The Kier molecular flexibility index (Phi) is 4.08. The van der Waals surface area contributed by atoms with Gasteiger partial charge in [0.25, 0.3) is 0 Å². The third kappa shape index (κ3) is 2.95. The predicted molar refractivity (Wildman–Crippen MR) is 101 cm³/mol. The van der Waals surface area contributed by atoms with Gasteiger partial charge >= 0.3 is 0 Å². The molecule has 1 aliphatic rings. The Hall–Kier alpha value is -2.55. The van der Waals surface area contributed by atoms with Gasteiger partial charge in [-0.3, -0.25) is 4.79 Å². The second-order valence-corrected chi connectivity index (χ2v) is 7.11. The van der Waals surface area contributed by atoms with Gasteiger partial charge in [-0.15, -0.1) is 0 Å². The molecule has 1 N–H and O–H groups in total. The van der Waals surface area contributed by atoms with E-state index < -0.39 is 0 Å². The number of aryl methyl sites for hydroxylation is 2. The molecule has 3 nitrogen and oxygen atoms in total. The number of fused-ring (bicyclic) bond motifs is 3. The van der Waals surface area contributed by atoms with Gasteiger partial charge in [0.05, 0.1) is 6.04 Å². The van der Waals surface area contributed by atoms with Gasteiger partial charge in [-0.05, 0) is 49.4 Å². The van der Waals surface area contributed by atoms with Crippen LogP contribution in [-0.4, -0.2) is 15.8 Å². The van der Waals surface area contributed by atoms with Crippen LogP contribution in [-0.2, 0) is 17.8 Å². The van der Waals surface area contributed by atoms with Crippen LogP contribution in [0.3, 0.4) is 0 Å². The fourth-order valence-electron chi connectivity index (χ4n) is 4.09. The van der Waals surface area contributed by atoms with E-state index in [0.717, 1.165) is 19.3 Å². The van der Waals surface area contributed by atoms with Gasteiger partial charge in [0.15, 0.2) is 0 Å². The number of aromatic nitrogens is 1. The van der Waals surface area contributed by atoms with Crippen LogP contribution in [0.1, 0.15) is 48.2 Å². The zero-order chi connectivity index (χ0) is 17.4. The van der Waals surface area contributed by atoms with Crippen LogP contribution in [0.2, 0.25) is 0 Å². The minimum absolute atomic E-state index is 0.133. The Bertz CT molecular complexity index is 910. The summed E-state index contributed by atoms with van der Waals surface area (Å²) in [7, 11) is 0. The molecular weight excluding hydrogens is 308 g/mol. The molecule has 128 valence electrons. The van der Waals surface area contributed by atoms with Gasteiger partial charge in [0.2, 0.25) is 5.91 Å². The zero-order valence-electron chi connectivity index (χ0n) is 14.9. The maximum absolute atomic E-state index is 12.4. The topological polar surface area (TPSA) is 36.1 Å². The van der Waals surface area contributed by atoms with Gasteiger partial charge in [-0.1, -0.05) is 42.0 Å². The van der Waals surface area contributed by atoms with Crippen LogP contribution in [0.4, 0.5) is 0 Å². The lowest BCUT2D eigenvalue weighted by Crippen LogP contribution is -2.34. The quantitative estimate of drug-likeness (QED) is 0.727. The lowest BCUT2D eigenvalue weighted by molar-refractivity contribution is -0.132. The molecule has 25 heavy (non-hydrogen) atoms. The van der Waals surface area contributed by atoms with Crippen LogP contribution < -0.4 is 0 Å². The van der Waals surface area contributed by atoms with E-state index in [1.807, 2.05) is 23.1 Å². The minimum Gasteiger partial charge on any atom is -0.356 e. The summed E-state index contributed by atoms with van der Waals surface area (Å²) in [4.78, 5) is 18.1. The van der Waals surface area contributed by atoms with E-state index in [1.54, 1.807) is 6.92 Å². The number of aromatic amines is 1. The molecule has 0 fully saturated rings. The van der Waals surface area contributed by atoms with Crippen molar-refractivity contribution >= 4 is 16.8 Å². The highest BCUT2D eigenvalue weighted by Crippen LogP contribution is 2.38. The lowest BCUT2D eigenvalue weighted by Gasteiger charge is -2.34. The third-order valence-corrected chi connectivity index (χ3v) is 5.31. The molecule has 0 radical (unpaired) electrons. The molecule has 4 rings (SSSR count). The van der Waals surface area contributed by atoms with Gasteiger partial charge in [-0.25, -0.2) is 0 Å². The molecule has 1 aromatic heterocycles. The molecule has 0 bridgehead atoms. The predicted octanol–water partition coefficient (Wildman–Crippen LogP) is 4.90. The lowest BCUT2D eigenvalue weighted by atomic mass is 9.90. The van der Waals surface area contributed by atoms with Crippen LogP contribution in [0.15, 0.2) is 48.5 Å². The first-order valence-electron chi connectivity index (χ1n) is 9.05. The highest BCUT2D eigenvalue weighted by atomic mass is 16.2. The molecule has 0 aliphatic heterocycles. The fourth-order valence-corrected chi connectivity index (χ4v) is 4.09. The maximum atomic E-state index is 12.4. The maximum Gasteiger partial charge on any atom is 0.220 e. The van der Waals surface area contributed by atoms with E-state index in [4.69, 9.17) is 0 Å². The van der Waals surface area contributed by atoms with Crippen molar-refractivity contribution in [1.82, 2.24) is 9.88 Å². The van der Waals surface area contributed by atoms with Crippen molar-refractivity contribution in [1.29, 1.82) is 0 Å². The second-order valence-electron chi connectivity index (χ2n) is 7.11. The Morgan fingerprint density at radius 3 is 2.76 bits per heavy atom. The summed E-state index contributed by atoms with van der Waals surface area (Å²) in [5.74, 6) is 0.136. The van der Waals surface area contributed by atoms with Crippen molar-refractivity contribution in [3.8, 4) is 0 Å². The number of nitrogens with one attached hydrogen (secondary N) is 1. The number of nitrogens with zero attached hydrogens (tertiary/aromatic N) is 1. The largest absolute Gasteiger partial charge is 0.356 e. The zero-order valence-corrected chi connectivity index (χ0v) is 14.9. The van der Waals surface area contributed by atoms with Crippen LogP contribution >= 0.6 is 0 Å². The number of carbonyl (C=O) groups is 1. The number of carbonyl (C=O) groups excluding carboxylic acids is 1. The summed E-state index contributed by atoms with van der Waals surface area (Å²) in [6.07, 6.45) is 3.23. The second kappa shape index (κ2) is 6.40. The minimum atomic E-state index is 0.133. The average molecular weight is 332 g/mol. The summed E-state index contributed by atoms with van der Waals surface area (Å²) in [5.41, 5.74) is 6.28. The smallest absolute Gasteiger partial charge is 0.220 e. The van der Waals surface area contributed by atoms with Crippen molar-refractivity contribution in [2.24, 2.45) is 0 Å². The molecule has 1 atom stereocenters. The molecular formula is C22H24N2O. The van der Waals surface area contributed by atoms with E-state index in [2.05, 4.69) is 42.2 Å². The first kappa shape index (κ1) is 15.9. The van der Waals surface area contributed by atoms with E-state index in [-0.39, 0.29) is 11.9 Å². The monoisotopic (exact) mass is 332 g/mol. The summed E-state index contributed by atoms with van der Waals surface area (Å²) >= 11 is 0. The third-order valence-electron chi connectivity index (χ3n) is 5.31. The van der Waals surface area contributed by atoms with E-state index >= 15 is 0 Å². The van der Waals surface area contributed by atoms with Crippen LogP contribution in [0.5, 0.6) is 0 Å². The van der Waals surface area contributed by atoms with Crippen molar-refractivity contribution in [2.45, 2.75) is 45.7 Å². The van der Waals surface area contributed by atoms with Gasteiger partial charge in [0.1, 0.15) is 0 Å². The van der Waals surface area contributed by atoms with Crippen LogP contribution in [0.25, 0.3) is 10.9 Å². The summed E-state index contributed by atoms with van der Waals surface area (Å²) in [6, 6.07) is 17.0. The number of hydrogen-bond acceptors (Lipinski definition) is 1. The van der Waals surface area contributed by atoms with Gasteiger partial charge in [-0.2, -0.15) is 0 Å². The molecule has 0 saturated heterocycles. The Labute approximate surface area is 148 Å². The van der Waals surface area contributed by atoms with Crippen molar-refractivity contribution in [3.63, 3.8) is 0 Å². The molecule has 3 heteroatoms. The number of benzene rings is 2. The van der Waals surface area contributed by atoms with E-state index in [1.165, 1.54) is 33.3 Å². The standard InChI is InChI=1S/C22H24N2O/c1-15-11-12-20-19(13-15)18-9-6-10-21(22(18)23-20)24(16(2)25)14-17-7-4-3-5-8-17/h3-5,7-8,11-13,21,23H,6,9-10,14H2,1-2H3. The first-order valence-corrected chi connectivity index (χ1v) is 9.05.